The summed E-state index contributed by atoms with van der Waals surface area (Å²) in [6, 6.07) is 0. The van der Waals surface area contributed by atoms with Crippen LogP contribution in [0.2, 0.25) is 0 Å². The van der Waals surface area contributed by atoms with Crippen LogP contribution in [0.3, 0.4) is 0 Å². The number of nitrogens with one attached hydrogen (secondary N) is 4. The lowest BCUT2D eigenvalue weighted by Crippen LogP contribution is -2.53. The number of hydrogen-bond acceptors (Lipinski definition) is 8. The van der Waals surface area contributed by atoms with Crippen molar-refractivity contribution >= 4 is 47.5 Å². The maximum Gasteiger partial charge on any atom is 0.304 e. The maximum atomic E-state index is 13.9. The van der Waals surface area contributed by atoms with E-state index >= 15 is 0 Å². The molecule has 17 nitrogen and oxygen atoms in total. The molecule has 0 aromatic carbocycles. The van der Waals surface area contributed by atoms with Crippen LogP contribution in [-0.4, -0.2) is 125 Å². The number of carboxylic acid groups (broad SMARTS) is 4. The van der Waals surface area contributed by atoms with Crippen LogP contribution >= 0.6 is 0 Å². The minimum absolute atomic E-state index is 0.251. The molecule has 0 bridgehead atoms. The van der Waals surface area contributed by atoms with E-state index in [0.29, 0.717) is 108 Å². The predicted molar refractivity (Wildman–Crippen MR) is 416 cm³/mol. The van der Waals surface area contributed by atoms with Gasteiger partial charge in [0.05, 0.1) is 51.9 Å². The maximum absolute atomic E-state index is 13.9. The number of carbonyl (C=O) groups is 8. The molecule has 0 heterocycles. The van der Waals surface area contributed by atoms with E-state index in [4.69, 9.17) is 0 Å². The first-order chi connectivity index (χ1) is 49.0. The van der Waals surface area contributed by atoms with Crippen LogP contribution in [0.5, 0.6) is 0 Å². The zero-order valence-corrected chi connectivity index (χ0v) is 65.9. The molecule has 17 heteroatoms. The second kappa shape index (κ2) is 71.3. The molecular weight excluding hydrogens is 1270 g/mol. The number of carbonyl (C=O) groups excluding carboxylic acids is 4. The molecule has 4 unspecified atom stereocenters. The van der Waals surface area contributed by atoms with Gasteiger partial charge in [-0.3, -0.25) is 38.4 Å². The number of nitrogens with zero attached hydrogens (tertiary/aromatic N) is 1. The largest absolute Gasteiger partial charge is 0.481 e. The third-order valence-corrected chi connectivity index (χ3v) is 21.2. The first kappa shape index (κ1) is 96.7. The van der Waals surface area contributed by atoms with E-state index in [1.165, 1.54) is 205 Å². The van der Waals surface area contributed by atoms with Crippen LogP contribution in [0.15, 0.2) is 0 Å². The molecule has 0 saturated heterocycles. The SMILES string of the molecule is CCCCCCCCCCCCCCC(CC(=O)O)C(=O)NCCC[N+](CCCNC(=O)C(CCCCCCCCCCCCCC)CC(=O)O)(CCCNC(=O)C(CCCCCCCCCCCCCC)CC(=O)O)CCCNC(=O)C(CCCCCCCCCCCCCC)CC(=O)O. The molecule has 4 atom stereocenters. The van der Waals surface area contributed by atoms with Crippen LogP contribution in [0.4, 0.5) is 0 Å². The van der Waals surface area contributed by atoms with Crippen molar-refractivity contribution in [2.24, 2.45) is 23.7 Å². The van der Waals surface area contributed by atoms with E-state index < -0.39 is 47.5 Å². The van der Waals surface area contributed by atoms with Crippen LogP contribution in [-0.2, 0) is 38.4 Å². The molecule has 592 valence electrons. The molecule has 101 heavy (non-hydrogen) atoms. The lowest BCUT2D eigenvalue weighted by molar-refractivity contribution is -0.928. The fourth-order valence-electron chi connectivity index (χ4n) is 14.8. The first-order valence-corrected chi connectivity index (χ1v) is 42.9. The Balaban J connectivity index is 6.53. The molecule has 0 radical (unpaired) electrons. The highest BCUT2D eigenvalue weighted by atomic mass is 16.4. The van der Waals surface area contributed by atoms with Gasteiger partial charge in [0.2, 0.25) is 23.6 Å². The summed E-state index contributed by atoms with van der Waals surface area (Å²) in [6.07, 6.45) is 59.3. The quantitative estimate of drug-likeness (QED) is 0.0209. The van der Waals surface area contributed by atoms with Gasteiger partial charge in [-0.05, 0) is 25.7 Å². The Morgan fingerprint density at radius 2 is 0.356 bits per heavy atom. The number of amides is 4. The van der Waals surface area contributed by atoms with E-state index in [-0.39, 0.29) is 49.3 Å². The number of carboxylic acids is 4. The summed E-state index contributed by atoms with van der Waals surface area (Å²) in [7, 11) is 0. The number of rotatable bonds is 80. The van der Waals surface area contributed by atoms with Crippen molar-refractivity contribution in [1.29, 1.82) is 0 Å². The Labute approximate surface area is 618 Å². The first-order valence-electron chi connectivity index (χ1n) is 42.9. The highest BCUT2D eigenvalue weighted by Crippen LogP contribution is 2.24. The zero-order valence-electron chi connectivity index (χ0n) is 65.9. The minimum Gasteiger partial charge on any atom is -0.481 e. The summed E-state index contributed by atoms with van der Waals surface area (Å²) >= 11 is 0. The fraction of sp³-hybridized carbons (Fsp3) is 0.905. The average Bonchev–Trinajstić information content (AvgIpc) is 0.874. The fourth-order valence-corrected chi connectivity index (χ4v) is 14.8. The lowest BCUT2D eigenvalue weighted by Gasteiger charge is -2.39. The number of hydrogen-bond donors (Lipinski definition) is 8. The average molecular weight is 1430 g/mol. The Morgan fingerprint density at radius 1 is 0.218 bits per heavy atom. The molecule has 0 aromatic heterocycles. The molecule has 8 N–H and O–H groups in total. The molecule has 4 amide bonds. The van der Waals surface area contributed by atoms with E-state index in [9.17, 15) is 58.8 Å². The van der Waals surface area contributed by atoms with Crippen molar-refractivity contribution in [2.45, 2.75) is 413 Å². The predicted octanol–water partition coefficient (Wildman–Crippen LogP) is 20.6. The summed E-state index contributed by atoms with van der Waals surface area (Å²) in [4.78, 5) is 104. The van der Waals surface area contributed by atoms with E-state index in [1.54, 1.807) is 0 Å². The molecule has 0 aliphatic heterocycles. The van der Waals surface area contributed by atoms with E-state index in [1.807, 2.05) is 0 Å². The van der Waals surface area contributed by atoms with Crippen LogP contribution in [0.1, 0.15) is 413 Å². The molecule has 0 fully saturated rings. The standard InChI is InChI=1S/C84H159N5O12/c1-5-9-13-17-21-25-29-33-37-41-45-49-57-73(69-77(90)91)81(98)85-61-53-65-89(66-54-62-86-82(99)74(70-78(92)93)58-50-46-42-38-34-30-26-22-18-14-10-6-2,67-55-63-87-83(100)75(71-79(94)95)59-51-47-43-39-35-31-27-23-19-15-11-7-3)68-56-64-88-84(101)76(72-80(96)97)60-52-48-44-40-36-32-28-24-20-16-12-8-4/h73-76H,5-72H2,1-4H3,(H7-,85,86,87,88,90,91,92,93,94,95,96,97,98,99,100,101)/p+1. The van der Waals surface area contributed by atoms with Gasteiger partial charge >= 0.3 is 23.9 Å². The van der Waals surface area contributed by atoms with Crippen molar-refractivity contribution in [3.8, 4) is 0 Å². The van der Waals surface area contributed by atoms with Gasteiger partial charge in [-0.15, -0.1) is 0 Å². The highest BCUT2D eigenvalue weighted by Gasteiger charge is 2.30. The molecule has 0 aliphatic carbocycles. The third kappa shape index (κ3) is 62.8. The lowest BCUT2D eigenvalue weighted by atomic mass is 9.96. The Kier molecular flexibility index (Phi) is 68.3. The van der Waals surface area contributed by atoms with Crippen molar-refractivity contribution in [1.82, 2.24) is 21.3 Å². The monoisotopic (exact) mass is 1430 g/mol. The molecular formula is C84H160N5O12+. The number of unbranched alkanes of at least 4 members (excludes halogenated alkanes) is 44. The number of quaternary nitrogens is 1. The van der Waals surface area contributed by atoms with Gasteiger partial charge in [-0.1, -0.05) is 336 Å². The van der Waals surface area contributed by atoms with Crippen LogP contribution in [0.25, 0.3) is 0 Å². The second-order valence-electron chi connectivity index (χ2n) is 30.7. The smallest absolute Gasteiger partial charge is 0.304 e. The van der Waals surface area contributed by atoms with Gasteiger partial charge in [-0.25, -0.2) is 0 Å². The second-order valence-corrected chi connectivity index (χ2v) is 30.7. The highest BCUT2D eigenvalue weighted by molar-refractivity contribution is 5.85. The summed E-state index contributed by atoms with van der Waals surface area (Å²) < 4.78 is 0.473. The van der Waals surface area contributed by atoms with Gasteiger partial charge in [0.15, 0.2) is 0 Å². The molecule has 0 aliphatic rings. The van der Waals surface area contributed by atoms with Crippen molar-refractivity contribution < 1.29 is 63.3 Å². The zero-order chi connectivity index (χ0) is 74.3. The Morgan fingerprint density at radius 3 is 0.495 bits per heavy atom. The summed E-state index contributed by atoms with van der Waals surface area (Å²) in [5, 5.41) is 52.0. The summed E-state index contributed by atoms with van der Waals surface area (Å²) in [5.41, 5.74) is 0. The molecule has 0 aromatic rings. The molecule has 0 spiro atoms. The molecule has 0 rings (SSSR count). The van der Waals surface area contributed by atoms with Crippen molar-refractivity contribution in [3.63, 3.8) is 0 Å². The molecule has 0 saturated carbocycles. The Bertz CT molecular complexity index is 1730. The van der Waals surface area contributed by atoms with Gasteiger partial charge in [0, 0.05) is 75.5 Å². The number of aliphatic carboxylic acids is 4. The van der Waals surface area contributed by atoms with E-state index in [0.717, 1.165) is 103 Å². The van der Waals surface area contributed by atoms with Gasteiger partial charge in [0.1, 0.15) is 0 Å². The normalized spacial score (nSPS) is 13.3. The Hall–Kier alpha value is -4.28. The summed E-state index contributed by atoms with van der Waals surface area (Å²) in [5.74, 6) is -7.81. The third-order valence-electron chi connectivity index (χ3n) is 21.2. The van der Waals surface area contributed by atoms with Crippen LogP contribution < -0.4 is 21.3 Å². The minimum atomic E-state index is -1.01. The van der Waals surface area contributed by atoms with Crippen molar-refractivity contribution in [2.75, 3.05) is 52.4 Å². The van der Waals surface area contributed by atoms with Gasteiger partial charge in [0.25, 0.3) is 0 Å². The van der Waals surface area contributed by atoms with Gasteiger partial charge in [-0.2, -0.15) is 0 Å². The van der Waals surface area contributed by atoms with Crippen molar-refractivity contribution in [3.05, 3.63) is 0 Å². The topological polar surface area (TPSA) is 266 Å². The van der Waals surface area contributed by atoms with Crippen LogP contribution in [0, 0.1) is 23.7 Å². The summed E-state index contributed by atoms with van der Waals surface area (Å²) in [6.45, 7) is 12.3. The van der Waals surface area contributed by atoms with Gasteiger partial charge < -0.3 is 46.2 Å². The van der Waals surface area contributed by atoms with E-state index in [2.05, 4.69) is 49.0 Å².